The Kier molecular flexibility index (Phi) is 5.61. The Morgan fingerprint density at radius 1 is 1.26 bits per heavy atom. The highest BCUT2D eigenvalue weighted by molar-refractivity contribution is 7.91. The fraction of sp³-hybridized carbons (Fsp3) is 0.560. The fourth-order valence-electron chi connectivity index (χ4n) is 5.90. The largest absolute Gasteiger partial charge is 0.357 e. The molecular formula is C25H28F3N5O4S. The first-order valence-electron chi connectivity index (χ1n) is 12.7. The van der Waals surface area contributed by atoms with Crippen molar-refractivity contribution in [1.82, 2.24) is 15.1 Å². The van der Waals surface area contributed by atoms with Gasteiger partial charge in [0.25, 0.3) is 11.8 Å². The molecule has 204 valence electrons. The number of carbonyl (C=O) groups is 2. The molecule has 2 N–H and O–H groups in total. The summed E-state index contributed by atoms with van der Waals surface area (Å²) in [6, 6.07) is 3.19. The van der Waals surface area contributed by atoms with Crippen molar-refractivity contribution in [1.29, 1.82) is 0 Å². The van der Waals surface area contributed by atoms with E-state index in [2.05, 4.69) is 15.7 Å². The molecule has 6 rings (SSSR count). The fourth-order valence-corrected chi connectivity index (χ4v) is 6.45. The van der Waals surface area contributed by atoms with E-state index in [-0.39, 0.29) is 23.5 Å². The van der Waals surface area contributed by atoms with E-state index >= 15 is 4.39 Å². The van der Waals surface area contributed by atoms with E-state index in [1.165, 1.54) is 11.0 Å². The van der Waals surface area contributed by atoms with Gasteiger partial charge in [0.15, 0.2) is 9.84 Å². The van der Waals surface area contributed by atoms with E-state index in [4.69, 9.17) is 0 Å². The van der Waals surface area contributed by atoms with Gasteiger partial charge < -0.3 is 15.5 Å². The quantitative estimate of drug-likeness (QED) is 0.547. The highest BCUT2D eigenvalue weighted by atomic mass is 32.2. The number of nitrogens with zero attached hydrogens (tertiary/aromatic N) is 3. The van der Waals surface area contributed by atoms with E-state index in [1.54, 1.807) is 10.7 Å². The molecule has 2 aliphatic carbocycles. The number of carbonyl (C=O) groups excluding carboxylic acids is 2. The molecule has 1 saturated heterocycles. The van der Waals surface area contributed by atoms with Crippen LogP contribution in [0.4, 0.5) is 24.7 Å². The number of sulfone groups is 1. The number of alkyl halides is 2. The third-order valence-electron chi connectivity index (χ3n) is 7.90. The van der Waals surface area contributed by atoms with Crippen molar-refractivity contribution >= 4 is 33.2 Å². The normalized spacial score (nSPS) is 23.6. The van der Waals surface area contributed by atoms with Crippen molar-refractivity contribution in [3.05, 3.63) is 40.3 Å². The summed E-state index contributed by atoms with van der Waals surface area (Å²) < 4.78 is 67.0. The third-order valence-corrected chi connectivity index (χ3v) is 8.68. The van der Waals surface area contributed by atoms with Gasteiger partial charge >= 0.3 is 0 Å². The molecule has 0 unspecified atom stereocenters. The number of anilines is 2. The zero-order valence-corrected chi connectivity index (χ0v) is 21.6. The molecule has 0 radical (unpaired) electrons. The predicted molar refractivity (Wildman–Crippen MR) is 133 cm³/mol. The molecule has 1 spiro atoms. The average molecular weight is 552 g/mol. The molecule has 9 nitrogen and oxygen atoms in total. The number of aromatic nitrogens is 2. The van der Waals surface area contributed by atoms with Gasteiger partial charge in [-0.1, -0.05) is 18.9 Å². The van der Waals surface area contributed by atoms with E-state index in [0.717, 1.165) is 25.5 Å². The summed E-state index contributed by atoms with van der Waals surface area (Å²) >= 11 is 0. The minimum absolute atomic E-state index is 0.134. The zero-order valence-electron chi connectivity index (χ0n) is 20.8. The predicted octanol–water partition coefficient (Wildman–Crippen LogP) is 2.39. The van der Waals surface area contributed by atoms with Crippen LogP contribution in [0.25, 0.3) is 0 Å². The Morgan fingerprint density at radius 3 is 2.66 bits per heavy atom. The maximum atomic E-state index is 15.4. The summed E-state index contributed by atoms with van der Waals surface area (Å²) in [6.45, 7) is -0.596. The molecule has 1 aromatic carbocycles. The Labute approximate surface area is 217 Å². The van der Waals surface area contributed by atoms with Crippen LogP contribution in [-0.4, -0.2) is 61.0 Å². The second-order valence-electron chi connectivity index (χ2n) is 11.1. The van der Waals surface area contributed by atoms with Crippen LogP contribution in [0.15, 0.2) is 12.1 Å². The maximum absolute atomic E-state index is 15.4. The molecule has 1 saturated carbocycles. The lowest BCUT2D eigenvalue weighted by molar-refractivity contribution is -0.113. The Bertz CT molecular complexity index is 1460. The van der Waals surface area contributed by atoms with E-state index in [1.807, 2.05) is 0 Å². The molecule has 0 bridgehead atoms. The van der Waals surface area contributed by atoms with Crippen LogP contribution in [-0.2, 0) is 39.6 Å². The molecular weight excluding hydrogens is 523 g/mol. The lowest BCUT2D eigenvalue weighted by Gasteiger charge is -2.41. The van der Waals surface area contributed by atoms with Crippen LogP contribution in [0.2, 0.25) is 0 Å². The summed E-state index contributed by atoms with van der Waals surface area (Å²) in [7, 11) is -3.58. The SMILES string of the molecule is CS(=O)(=O)CC(=O)Nc1c2c(nn1CCC1CC1)C[C@]1(CCc3c1ccc(N1CC(F)(F)C1)c3F)NC2=O. The number of rotatable bonds is 7. The van der Waals surface area contributed by atoms with Gasteiger partial charge in [0.05, 0.1) is 30.0 Å². The zero-order chi connectivity index (χ0) is 27.0. The highest BCUT2D eigenvalue weighted by Gasteiger charge is 2.49. The summed E-state index contributed by atoms with van der Waals surface area (Å²) in [6.07, 6.45) is 4.99. The second-order valence-corrected chi connectivity index (χ2v) is 13.2. The van der Waals surface area contributed by atoms with E-state index < -0.39 is 57.8 Å². The Balaban J connectivity index is 1.32. The van der Waals surface area contributed by atoms with Crippen LogP contribution in [0.3, 0.4) is 0 Å². The minimum Gasteiger partial charge on any atom is -0.357 e. The topological polar surface area (TPSA) is 113 Å². The van der Waals surface area contributed by atoms with Crippen LogP contribution >= 0.6 is 0 Å². The van der Waals surface area contributed by atoms with Crippen molar-refractivity contribution in [2.24, 2.45) is 5.92 Å². The summed E-state index contributed by atoms with van der Waals surface area (Å²) in [5, 5.41) is 10.3. The third kappa shape index (κ3) is 4.44. The first kappa shape index (κ1) is 25.2. The van der Waals surface area contributed by atoms with Gasteiger partial charge in [-0.05, 0) is 42.4 Å². The first-order valence-corrected chi connectivity index (χ1v) is 14.7. The van der Waals surface area contributed by atoms with E-state index in [0.29, 0.717) is 42.1 Å². The van der Waals surface area contributed by atoms with Gasteiger partial charge in [0.2, 0.25) is 5.91 Å². The van der Waals surface area contributed by atoms with Crippen molar-refractivity contribution in [3.63, 3.8) is 0 Å². The van der Waals surface area contributed by atoms with Crippen molar-refractivity contribution in [2.45, 2.75) is 56.5 Å². The summed E-state index contributed by atoms with van der Waals surface area (Å²) in [5.74, 6) is -4.61. The molecule has 38 heavy (non-hydrogen) atoms. The highest BCUT2D eigenvalue weighted by Crippen LogP contribution is 2.46. The molecule has 4 aliphatic rings. The van der Waals surface area contributed by atoms with Gasteiger partial charge in [0.1, 0.15) is 23.0 Å². The van der Waals surface area contributed by atoms with Gasteiger partial charge in [-0.25, -0.2) is 26.3 Å². The lowest BCUT2D eigenvalue weighted by atomic mass is 9.82. The van der Waals surface area contributed by atoms with Crippen molar-refractivity contribution < 1.29 is 31.2 Å². The monoisotopic (exact) mass is 551 g/mol. The molecule has 1 atom stereocenters. The number of fused-ring (bicyclic) bond motifs is 3. The molecule has 2 aliphatic heterocycles. The summed E-state index contributed by atoms with van der Waals surface area (Å²) in [5.41, 5.74) is 0.841. The molecule has 2 aromatic rings. The molecule has 13 heteroatoms. The lowest BCUT2D eigenvalue weighted by Crippen LogP contribution is -2.56. The number of benzene rings is 1. The Hall–Kier alpha value is -3.09. The van der Waals surface area contributed by atoms with Crippen molar-refractivity contribution in [3.8, 4) is 0 Å². The van der Waals surface area contributed by atoms with E-state index in [9.17, 15) is 26.8 Å². The number of halogens is 3. The number of aryl methyl sites for hydroxylation is 1. The minimum atomic E-state index is -3.58. The first-order chi connectivity index (χ1) is 17.8. The van der Waals surface area contributed by atoms with Crippen LogP contribution in [0.5, 0.6) is 0 Å². The van der Waals surface area contributed by atoms with Crippen molar-refractivity contribution in [2.75, 3.05) is 35.3 Å². The second kappa shape index (κ2) is 8.45. The standard InChI is InChI=1S/C25H28F3N5O4S/c1-38(36,37)11-19(34)29-22-20-17(31-33(22)9-7-14-2-3-14)10-24(30-23(20)35)8-6-15-16(24)4-5-18(21(15)26)32-12-25(27,28)13-32/h4-5,14H,2-3,6-13H2,1H3,(H,29,34)(H,30,35)/t24-/m0/s1. The van der Waals surface area contributed by atoms with Gasteiger partial charge in [-0.15, -0.1) is 0 Å². The number of nitrogens with one attached hydrogen (secondary N) is 2. The number of amides is 2. The number of hydrogen-bond donors (Lipinski definition) is 2. The molecule has 3 heterocycles. The smallest absolute Gasteiger partial charge is 0.282 e. The maximum Gasteiger partial charge on any atom is 0.282 e. The van der Waals surface area contributed by atoms with Gasteiger partial charge in [-0.2, -0.15) is 5.10 Å². The molecule has 2 fully saturated rings. The van der Waals surface area contributed by atoms with Crippen LogP contribution < -0.4 is 15.5 Å². The summed E-state index contributed by atoms with van der Waals surface area (Å²) in [4.78, 5) is 27.3. The number of hydrogen-bond acceptors (Lipinski definition) is 6. The average Bonchev–Trinajstić information content (AvgIpc) is 3.47. The Morgan fingerprint density at radius 2 is 2.00 bits per heavy atom. The van der Waals surface area contributed by atoms with Gasteiger partial charge in [0, 0.05) is 19.2 Å². The molecule has 2 amide bonds. The van der Waals surface area contributed by atoms with Crippen LogP contribution in [0, 0.1) is 11.7 Å². The van der Waals surface area contributed by atoms with Gasteiger partial charge in [-0.3, -0.25) is 9.59 Å². The van der Waals surface area contributed by atoms with Crippen LogP contribution in [0.1, 0.15) is 52.9 Å². The molecule has 1 aromatic heterocycles.